The van der Waals surface area contributed by atoms with Crippen LogP contribution in [0.3, 0.4) is 0 Å². The molecule has 0 radical (unpaired) electrons. The minimum absolute atomic E-state index is 0.119. The zero-order chi connectivity index (χ0) is 28.5. The van der Waals surface area contributed by atoms with Gasteiger partial charge < -0.3 is 5.11 Å². The first-order chi connectivity index (χ1) is 19.9. The maximum Gasteiger partial charge on any atom is 0.263 e. The Hall–Kier alpha value is -5.15. The van der Waals surface area contributed by atoms with Crippen molar-refractivity contribution in [2.24, 2.45) is 0 Å². The summed E-state index contributed by atoms with van der Waals surface area (Å²) in [5, 5.41) is 24.9. The summed E-state index contributed by atoms with van der Waals surface area (Å²) in [5.41, 5.74) is 4.67. The molecule has 0 aliphatic carbocycles. The standard InChI is InChI=1S/C32H29N7O2/c1-21(37(2)3)39-30-16-15-27(40)18-25(30)19-28(32(39)41)31-34-36-38(35-31)20-23-8-6-7-22(17-23)11-13-26-14-12-24-9-4-5-10-29(24)33-26/h4-19,21,40H,20H2,1-3H3/b13-11+. The first-order valence-electron chi connectivity index (χ1n) is 13.3. The van der Waals surface area contributed by atoms with Gasteiger partial charge in [0.05, 0.1) is 35.0 Å². The number of benzene rings is 3. The fourth-order valence-electron chi connectivity index (χ4n) is 4.83. The molecular weight excluding hydrogens is 514 g/mol. The van der Waals surface area contributed by atoms with Crippen LogP contribution in [0, 0.1) is 0 Å². The van der Waals surface area contributed by atoms with Crippen molar-refractivity contribution in [2.45, 2.75) is 19.6 Å². The Bertz CT molecular complexity index is 1970. The number of aromatic nitrogens is 6. The zero-order valence-electron chi connectivity index (χ0n) is 23.0. The lowest BCUT2D eigenvalue weighted by atomic mass is 10.1. The van der Waals surface area contributed by atoms with E-state index < -0.39 is 0 Å². The number of rotatable bonds is 7. The van der Waals surface area contributed by atoms with Crippen LogP contribution in [-0.2, 0) is 6.54 Å². The molecule has 0 saturated carbocycles. The molecule has 9 nitrogen and oxygen atoms in total. The van der Waals surface area contributed by atoms with Crippen LogP contribution in [-0.4, -0.2) is 53.9 Å². The molecule has 0 spiro atoms. The van der Waals surface area contributed by atoms with E-state index in [1.54, 1.807) is 28.8 Å². The number of pyridine rings is 2. The third kappa shape index (κ3) is 5.35. The van der Waals surface area contributed by atoms with Gasteiger partial charge in [-0.05, 0) is 85.9 Å². The average molecular weight is 544 g/mol. The van der Waals surface area contributed by atoms with E-state index in [1.165, 1.54) is 4.80 Å². The first-order valence-corrected chi connectivity index (χ1v) is 13.3. The van der Waals surface area contributed by atoms with Crippen LogP contribution in [0.15, 0.2) is 89.7 Å². The van der Waals surface area contributed by atoms with E-state index in [-0.39, 0.29) is 23.3 Å². The molecule has 0 amide bonds. The second-order valence-corrected chi connectivity index (χ2v) is 10.2. The summed E-state index contributed by atoms with van der Waals surface area (Å²) in [7, 11) is 3.82. The third-order valence-electron chi connectivity index (χ3n) is 7.18. The largest absolute Gasteiger partial charge is 0.508 e. The van der Waals surface area contributed by atoms with E-state index in [4.69, 9.17) is 4.98 Å². The van der Waals surface area contributed by atoms with Crippen molar-refractivity contribution in [1.29, 1.82) is 0 Å². The number of hydrogen-bond donors (Lipinski definition) is 1. The zero-order valence-corrected chi connectivity index (χ0v) is 23.0. The summed E-state index contributed by atoms with van der Waals surface area (Å²) in [4.78, 5) is 21.8. The van der Waals surface area contributed by atoms with Crippen molar-refractivity contribution in [2.75, 3.05) is 14.1 Å². The number of tetrazole rings is 1. The van der Waals surface area contributed by atoms with Gasteiger partial charge in [-0.15, -0.1) is 10.2 Å². The Morgan fingerprint density at radius 3 is 2.63 bits per heavy atom. The number of phenolic OH excluding ortho intramolecular Hbond substituents is 1. The van der Waals surface area contributed by atoms with Crippen LogP contribution in [0.4, 0.5) is 0 Å². The Labute approximate surface area is 236 Å². The molecule has 0 aliphatic heterocycles. The molecular formula is C32H29N7O2. The van der Waals surface area contributed by atoms with Crippen LogP contribution < -0.4 is 5.56 Å². The summed E-state index contributed by atoms with van der Waals surface area (Å²) in [5.74, 6) is 0.353. The van der Waals surface area contributed by atoms with E-state index in [2.05, 4.69) is 27.5 Å². The second-order valence-electron chi connectivity index (χ2n) is 10.2. The van der Waals surface area contributed by atoms with Gasteiger partial charge in [-0.25, -0.2) is 4.98 Å². The molecule has 204 valence electrons. The van der Waals surface area contributed by atoms with Gasteiger partial charge in [-0.2, -0.15) is 4.80 Å². The number of fused-ring (bicyclic) bond motifs is 2. The predicted molar refractivity (Wildman–Crippen MR) is 161 cm³/mol. The maximum atomic E-state index is 13.6. The molecule has 3 aromatic heterocycles. The van der Waals surface area contributed by atoms with Crippen molar-refractivity contribution in [3.05, 3.63) is 112 Å². The highest BCUT2D eigenvalue weighted by Gasteiger charge is 2.20. The van der Waals surface area contributed by atoms with Crippen LogP contribution in [0.1, 0.15) is 29.9 Å². The second kappa shape index (κ2) is 10.8. The van der Waals surface area contributed by atoms with E-state index in [0.717, 1.165) is 27.7 Å². The topological polar surface area (TPSA) is 102 Å². The Morgan fingerprint density at radius 1 is 0.927 bits per heavy atom. The van der Waals surface area contributed by atoms with Crippen LogP contribution in [0.2, 0.25) is 0 Å². The van der Waals surface area contributed by atoms with Gasteiger partial charge >= 0.3 is 0 Å². The van der Waals surface area contributed by atoms with E-state index >= 15 is 0 Å². The highest BCUT2D eigenvalue weighted by Crippen LogP contribution is 2.25. The van der Waals surface area contributed by atoms with Gasteiger partial charge in [-0.1, -0.05) is 48.5 Å². The predicted octanol–water partition coefficient (Wildman–Crippen LogP) is 5.21. The lowest BCUT2D eigenvalue weighted by molar-refractivity contribution is 0.240. The van der Waals surface area contributed by atoms with E-state index in [1.807, 2.05) is 86.6 Å². The summed E-state index contributed by atoms with van der Waals surface area (Å²) in [6, 6.07) is 26.9. The molecule has 0 aliphatic rings. The highest BCUT2D eigenvalue weighted by molar-refractivity contribution is 5.84. The molecule has 0 bridgehead atoms. The normalized spacial score (nSPS) is 12.6. The van der Waals surface area contributed by atoms with Crippen LogP contribution in [0.25, 0.3) is 45.3 Å². The van der Waals surface area contributed by atoms with Gasteiger partial charge in [0, 0.05) is 10.8 Å². The maximum absolute atomic E-state index is 13.6. The van der Waals surface area contributed by atoms with Gasteiger partial charge in [0.25, 0.3) is 5.56 Å². The number of para-hydroxylation sites is 1. The monoisotopic (exact) mass is 543 g/mol. The fourth-order valence-corrected chi connectivity index (χ4v) is 4.83. The summed E-state index contributed by atoms with van der Waals surface area (Å²) in [6.07, 6.45) is 3.79. The molecule has 6 rings (SSSR count). The average Bonchev–Trinajstić information content (AvgIpc) is 3.43. The minimum atomic E-state index is -0.231. The molecule has 6 aromatic rings. The first kappa shape index (κ1) is 26.1. The molecule has 0 saturated heterocycles. The van der Waals surface area contributed by atoms with Crippen molar-refractivity contribution in [3.63, 3.8) is 0 Å². The van der Waals surface area contributed by atoms with Gasteiger partial charge in [0.2, 0.25) is 5.82 Å². The SMILES string of the molecule is CC(N(C)C)n1c(=O)c(-c2nnn(Cc3cccc(/C=C/c4ccc5ccccc5n4)c3)n2)cc2cc(O)ccc21. The number of hydrogen-bond acceptors (Lipinski definition) is 7. The lowest BCUT2D eigenvalue weighted by Gasteiger charge is -2.24. The molecule has 3 aromatic carbocycles. The third-order valence-corrected chi connectivity index (χ3v) is 7.18. The highest BCUT2D eigenvalue weighted by atomic mass is 16.3. The number of aromatic hydroxyl groups is 1. The lowest BCUT2D eigenvalue weighted by Crippen LogP contribution is -2.33. The van der Waals surface area contributed by atoms with E-state index in [9.17, 15) is 9.90 Å². The van der Waals surface area contributed by atoms with Crippen molar-refractivity contribution >= 4 is 34.0 Å². The van der Waals surface area contributed by atoms with Crippen LogP contribution in [0.5, 0.6) is 5.75 Å². The summed E-state index contributed by atoms with van der Waals surface area (Å²) < 4.78 is 1.69. The molecule has 1 unspecified atom stereocenters. The van der Waals surface area contributed by atoms with Crippen LogP contribution >= 0.6 is 0 Å². The molecule has 3 heterocycles. The van der Waals surface area contributed by atoms with Crippen molar-refractivity contribution in [1.82, 2.24) is 34.7 Å². The Balaban J connectivity index is 1.27. The van der Waals surface area contributed by atoms with Gasteiger partial charge in [-0.3, -0.25) is 14.3 Å². The van der Waals surface area contributed by atoms with Crippen molar-refractivity contribution in [3.8, 4) is 17.1 Å². The summed E-state index contributed by atoms with van der Waals surface area (Å²) in [6.45, 7) is 2.33. The number of nitrogens with zero attached hydrogens (tertiary/aromatic N) is 7. The van der Waals surface area contributed by atoms with E-state index in [0.29, 0.717) is 23.0 Å². The molecule has 0 fully saturated rings. The smallest absolute Gasteiger partial charge is 0.263 e. The van der Waals surface area contributed by atoms with Gasteiger partial charge in [0.1, 0.15) is 5.75 Å². The molecule has 9 heteroatoms. The number of phenols is 1. The molecule has 1 N–H and O–H groups in total. The quantitative estimate of drug-likeness (QED) is 0.295. The van der Waals surface area contributed by atoms with Gasteiger partial charge in [0.15, 0.2) is 0 Å². The fraction of sp³-hybridized carbons (Fsp3) is 0.156. The Kier molecular flexibility index (Phi) is 6.86. The minimum Gasteiger partial charge on any atom is -0.508 e. The summed E-state index contributed by atoms with van der Waals surface area (Å²) >= 11 is 0. The molecule has 1 atom stereocenters. The Morgan fingerprint density at radius 2 is 1.78 bits per heavy atom. The van der Waals surface area contributed by atoms with Crippen molar-refractivity contribution < 1.29 is 5.11 Å². The molecule has 41 heavy (non-hydrogen) atoms.